The largest absolute Gasteiger partial charge is 0.0683 e. The summed E-state index contributed by atoms with van der Waals surface area (Å²) in [6.45, 7) is 11.2. The first-order valence-corrected chi connectivity index (χ1v) is 6.75. The lowest BCUT2D eigenvalue weighted by atomic mass is 9.73. The Morgan fingerprint density at radius 3 is 2.21 bits per heavy atom. The molecule has 0 bridgehead atoms. The summed E-state index contributed by atoms with van der Waals surface area (Å²) in [4.78, 5) is 0. The second kappa shape index (κ2) is 8.32. The van der Waals surface area contributed by atoms with Crippen molar-refractivity contribution >= 4 is 0 Å². The van der Waals surface area contributed by atoms with Gasteiger partial charge in [0, 0.05) is 0 Å². The average Bonchev–Trinajstić information content (AvgIpc) is 2.22. The van der Waals surface area contributed by atoms with E-state index in [0.717, 1.165) is 17.8 Å². The molecular formula is C14H30. The third-order valence-electron chi connectivity index (χ3n) is 3.65. The molecule has 0 aromatic rings. The molecule has 86 valence electrons. The predicted octanol–water partition coefficient (Wildman–Crippen LogP) is 5.28. The van der Waals surface area contributed by atoms with Gasteiger partial charge in [-0.2, -0.15) is 0 Å². The van der Waals surface area contributed by atoms with E-state index in [0.29, 0.717) is 0 Å². The van der Waals surface area contributed by atoms with Gasteiger partial charge in [-0.3, -0.25) is 0 Å². The molecule has 0 radical (unpaired) electrons. The number of hydrogen-bond acceptors (Lipinski definition) is 0. The van der Waals surface area contributed by atoms with Gasteiger partial charge in [0.25, 0.3) is 0 Å². The first-order valence-electron chi connectivity index (χ1n) is 6.75. The second-order valence-electron chi connectivity index (χ2n) is 4.69. The molecule has 3 atom stereocenters. The summed E-state index contributed by atoms with van der Waals surface area (Å²) in [5.74, 6) is 3.02. The smallest absolute Gasteiger partial charge is 0.0363 e. The van der Waals surface area contributed by atoms with Crippen molar-refractivity contribution in [1.29, 1.82) is 0 Å². The highest BCUT2D eigenvalue weighted by Gasteiger charge is 2.25. The van der Waals surface area contributed by atoms with Gasteiger partial charge in [-0.25, -0.2) is 0 Å². The first-order chi connectivity index (χ1) is 6.75. The maximum atomic E-state index is 2.45. The van der Waals surface area contributed by atoms with Crippen LogP contribution in [-0.2, 0) is 0 Å². The van der Waals surface area contributed by atoms with Crippen LogP contribution < -0.4 is 0 Å². The third-order valence-corrected chi connectivity index (χ3v) is 3.65. The predicted molar refractivity (Wildman–Crippen MR) is 66.5 cm³/mol. The molecule has 1 fully saturated rings. The van der Waals surface area contributed by atoms with Gasteiger partial charge in [0.1, 0.15) is 0 Å². The van der Waals surface area contributed by atoms with Crippen LogP contribution in [0.1, 0.15) is 73.1 Å². The van der Waals surface area contributed by atoms with Crippen LogP contribution in [0, 0.1) is 17.8 Å². The van der Waals surface area contributed by atoms with Gasteiger partial charge in [0.2, 0.25) is 0 Å². The summed E-state index contributed by atoms with van der Waals surface area (Å²) in [7, 11) is 0. The van der Waals surface area contributed by atoms with Crippen molar-refractivity contribution in [3.8, 4) is 0 Å². The summed E-state index contributed by atoms with van der Waals surface area (Å²) >= 11 is 0. The fourth-order valence-electron chi connectivity index (χ4n) is 2.86. The Bertz CT molecular complexity index is 117. The third kappa shape index (κ3) is 4.48. The minimum absolute atomic E-state index is 0.977. The lowest BCUT2D eigenvalue weighted by molar-refractivity contribution is 0.177. The van der Waals surface area contributed by atoms with Crippen molar-refractivity contribution < 1.29 is 0 Å². The Labute approximate surface area is 91.5 Å². The molecule has 0 nitrogen and oxygen atoms in total. The monoisotopic (exact) mass is 198 g/mol. The summed E-state index contributed by atoms with van der Waals surface area (Å²) in [6.07, 6.45) is 8.76. The minimum atomic E-state index is 0.977. The Balaban J connectivity index is 0.000000791. The van der Waals surface area contributed by atoms with E-state index in [1.54, 1.807) is 0 Å². The fourth-order valence-corrected chi connectivity index (χ4v) is 2.86. The van der Waals surface area contributed by atoms with E-state index in [-0.39, 0.29) is 0 Å². The van der Waals surface area contributed by atoms with Crippen LogP contribution in [0.25, 0.3) is 0 Å². The van der Waals surface area contributed by atoms with E-state index in [1.165, 1.54) is 38.5 Å². The van der Waals surface area contributed by atoms with E-state index >= 15 is 0 Å². The van der Waals surface area contributed by atoms with Gasteiger partial charge in [0.05, 0.1) is 0 Å². The van der Waals surface area contributed by atoms with Crippen molar-refractivity contribution in [1.82, 2.24) is 0 Å². The van der Waals surface area contributed by atoms with Crippen LogP contribution in [0.5, 0.6) is 0 Å². The van der Waals surface area contributed by atoms with Gasteiger partial charge >= 0.3 is 0 Å². The average molecular weight is 198 g/mol. The molecule has 0 amide bonds. The van der Waals surface area contributed by atoms with E-state index in [1.807, 2.05) is 13.8 Å². The van der Waals surface area contributed by atoms with Gasteiger partial charge in [-0.1, -0.05) is 66.7 Å². The summed E-state index contributed by atoms with van der Waals surface area (Å²) in [5, 5.41) is 0. The Morgan fingerprint density at radius 1 is 1.14 bits per heavy atom. The van der Waals surface area contributed by atoms with Crippen LogP contribution >= 0.6 is 0 Å². The zero-order valence-electron chi connectivity index (χ0n) is 11.0. The van der Waals surface area contributed by atoms with Gasteiger partial charge < -0.3 is 0 Å². The molecule has 0 aliphatic heterocycles. The van der Waals surface area contributed by atoms with Crippen molar-refractivity contribution in [3.63, 3.8) is 0 Å². The van der Waals surface area contributed by atoms with Crippen molar-refractivity contribution in [2.45, 2.75) is 73.1 Å². The van der Waals surface area contributed by atoms with E-state index in [2.05, 4.69) is 20.8 Å². The zero-order valence-corrected chi connectivity index (χ0v) is 11.0. The molecule has 0 aromatic heterocycles. The lowest BCUT2D eigenvalue weighted by Gasteiger charge is -2.33. The first kappa shape index (κ1) is 14.0. The van der Waals surface area contributed by atoms with Gasteiger partial charge in [-0.15, -0.1) is 0 Å². The zero-order chi connectivity index (χ0) is 11.0. The molecule has 0 saturated heterocycles. The van der Waals surface area contributed by atoms with Crippen LogP contribution in [0.15, 0.2) is 0 Å². The van der Waals surface area contributed by atoms with Crippen LogP contribution in [-0.4, -0.2) is 0 Å². The van der Waals surface area contributed by atoms with E-state index in [9.17, 15) is 0 Å². The summed E-state index contributed by atoms with van der Waals surface area (Å²) in [5.41, 5.74) is 0. The lowest BCUT2D eigenvalue weighted by Crippen LogP contribution is -2.23. The molecule has 0 spiro atoms. The maximum Gasteiger partial charge on any atom is -0.0363 e. The molecule has 0 heterocycles. The molecule has 1 aliphatic carbocycles. The number of rotatable bonds is 3. The standard InChI is InChI=1S/C12H24.C2H6/c1-4-7-10(2)12-9-6-5-8-11(12)3;1-2/h10-12H,4-9H2,1-3H3;1-2H3. The van der Waals surface area contributed by atoms with Crippen molar-refractivity contribution in [2.75, 3.05) is 0 Å². The molecule has 0 N–H and O–H groups in total. The number of hydrogen-bond donors (Lipinski definition) is 0. The molecule has 3 unspecified atom stereocenters. The molecule has 1 saturated carbocycles. The normalized spacial score (nSPS) is 28.9. The second-order valence-corrected chi connectivity index (χ2v) is 4.69. The Hall–Kier alpha value is 0. The van der Waals surface area contributed by atoms with Crippen LogP contribution in [0.2, 0.25) is 0 Å². The van der Waals surface area contributed by atoms with Crippen LogP contribution in [0.4, 0.5) is 0 Å². The Kier molecular flexibility index (Phi) is 8.32. The van der Waals surface area contributed by atoms with Gasteiger partial charge in [-0.05, 0) is 24.2 Å². The molecule has 14 heavy (non-hydrogen) atoms. The van der Waals surface area contributed by atoms with Crippen molar-refractivity contribution in [2.24, 2.45) is 17.8 Å². The highest BCUT2D eigenvalue weighted by Crippen LogP contribution is 2.36. The SMILES string of the molecule is CC.CCCC(C)C1CCCCC1C. The summed E-state index contributed by atoms with van der Waals surface area (Å²) in [6, 6.07) is 0. The van der Waals surface area contributed by atoms with Crippen LogP contribution in [0.3, 0.4) is 0 Å². The highest BCUT2D eigenvalue weighted by atomic mass is 14.3. The topological polar surface area (TPSA) is 0 Å². The van der Waals surface area contributed by atoms with E-state index < -0.39 is 0 Å². The maximum absolute atomic E-state index is 2.45. The van der Waals surface area contributed by atoms with Gasteiger partial charge in [0.15, 0.2) is 0 Å². The quantitative estimate of drug-likeness (QED) is 0.579. The van der Waals surface area contributed by atoms with Crippen molar-refractivity contribution in [3.05, 3.63) is 0 Å². The molecule has 0 heteroatoms. The minimum Gasteiger partial charge on any atom is -0.0683 e. The highest BCUT2D eigenvalue weighted by molar-refractivity contribution is 4.76. The molecule has 1 rings (SSSR count). The fraction of sp³-hybridized carbons (Fsp3) is 1.00. The Morgan fingerprint density at radius 2 is 1.71 bits per heavy atom. The molecular weight excluding hydrogens is 168 g/mol. The molecule has 1 aliphatic rings. The van der Waals surface area contributed by atoms with E-state index in [4.69, 9.17) is 0 Å². The summed E-state index contributed by atoms with van der Waals surface area (Å²) < 4.78 is 0. The molecule has 0 aromatic carbocycles.